The monoisotopic (exact) mass is 300 g/mol. The maximum Gasteiger partial charge on any atom is 0.309 e. The number of hydrogen-bond donors (Lipinski definition) is 1. The van der Waals surface area contributed by atoms with Gasteiger partial charge in [-0.2, -0.15) is 0 Å². The van der Waals surface area contributed by atoms with Crippen LogP contribution in [0.4, 0.5) is 0 Å². The number of esters is 1. The van der Waals surface area contributed by atoms with Gasteiger partial charge in [-0.25, -0.2) is 0 Å². The number of hydrogen-bond acceptors (Lipinski definition) is 3. The Morgan fingerprint density at radius 2 is 1.48 bits per heavy atom. The van der Waals surface area contributed by atoms with E-state index in [2.05, 4.69) is 6.92 Å². The molecule has 0 aliphatic rings. The number of carboxylic acids is 1. The molecule has 0 radical (unpaired) electrons. The minimum Gasteiger partial charge on any atom is -0.481 e. The molecule has 1 unspecified atom stereocenters. The Morgan fingerprint density at radius 3 is 2.05 bits per heavy atom. The van der Waals surface area contributed by atoms with Gasteiger partial charge in [0.1, 0.15) is 0 Å². The highest BCUT2D eigenvalue weighted by molar-refractivity contribution is 5.79. The molecule has 0 saturated carbocycles. The van der Waals surface area contributed by atoms with Gasteiger partial charge in [0.15, 0.2) is 0 Å². The standard InChI is InChI=1S/C17H32O4/c1-3-5-7-8-9-10-11-13-21-17(20)15(12-6-4-2)14-16(18)19/h15H,3-14H2,1-2H3,(H,18,19). The molecule has 0 aromatic carbocycles. The topological polar surface area (TPSA) is 63.6 Å². The third-order valence-electron chi connectivity index (χ3n) is 3.65. The van der Waals surface area contributed by atoms with Crippen molar-refractivity contribution in [1.29, 1.82) is 0 Å². The Balaban J connectivity index is 3.74. The van der Waals surface area contributed by atoms with Crippen molar-refractivity contribution in [3.63, 3.8) is 0 Å². The Kier molecular flexibility index (Phi) is 13.2. The molecule has 0 aromatic rings. The smallest absolute Gasteiger partial charge is 0.309 e. The second-order valence-corrected chi connectivity index (χ2v) is 5.73. The molecule has 0 fully saturated rings. The van der Waals surface area contributed by atoms with Crippen LogP contribution in [0.3, 0.4) is 0 Å². The summed E-state index contributed by atoms with van der Waals surface area (Å²) in [5, 5.41) is 8.84. The summed E-state index contributed by atoms with van der Waals surface area (Å²) in [6.45, 7) is 4.65. The molecule has 124 valence electrons. The Morgan fingerprint density at radius 1 is 0.905 bits per heavy atom. The number of carboxylic acid groups (broad SMARTS) is 1. The fourth-order valence-corrected chi connectivity index (χ4v) is 2.31. The fraction of sp³-hybridized carbons (Fsp3) is 0.882. The average Bonchev–Trinajstić information content (AvgIpc) is 2.45. The molecule has 1 atom stereocenters. The number of ether oxygens (including phenoxy) is 1. The Bertz CT molecular complexity index is 276. The molecule has 0 amide bonds. The summed E-state index contributed by atoms with van der Waals surface area (Å²) in [4.78, 5) is 22.6. The van der Waals surface area contributed by atoms with E-state index in [9.17, 15) is 9.59 Å². The van der Waals surface area contributed by atoms with Crippen molar-refractivity contribution in [2.24, 2.45) is 5.92 Å². The quantitative estimate of drug-likeness (QED) is 0.377. The number of carbonyl (C=O) groups is 2. The molecule has 0 aromatic heterocycles. The molecular formula is C17H32O4. The van der Waals surface area contributed by atoms with Crippen LogP contribution in [0.25, 0.3) is 0 Å². The van der Waals surface area contributed by atoms with Gasteiger partial charge >= 0.3 is 11.9 Å². The van der Waals surface area contributed by atoms with Crippen LogP contribution in [0.15, 0.2) is 0 Å². The van der Waals surface area contributed by atoms with Gasteiger partial charge in [0.2, 0.25) is 0 Å². The second kappa shape index (κ2) is 13.9. The lowest BCUT2D eigenvalue weighted by molar-refractivity contribution is -0.153. The highest BCUT2D eigenvalue weighted by atomic mass is 16.5. The van der Waals surface area contributed by atoms with E-state index in [1.165, 1.54) is 32.1 Å². The SMILES string of the molecule is CCCCCCCCCOC(=O)C(CCCC)CC(=O)O. The summed E-state index contributed by atoms with van der Waals surface area (Å²) >= 11 is 0. The van der Waals surface area contributed by atoms with E-state index in [1.807, 2.05) is 6.92 Å². The predicted molar refractivity (Wildman–Crippen MR) is 84.2 cm³/mol. The second-order valence-electron chi connectivity index (χ2n) is 5.73. The van der Waals surface area contributed by atoms with Crippen molar-refractivity contribution < 1.29 is 19.4 Å². The molecule has 4 heteroatoms. The predicted octanol–water partition coefficient (Wildman–Crippen LogP) is 4.56. The maximum absolute atomic E-state index is 11.9. The van der Waals surface area contributed by atoms with Gasteiger partial charge in [-0.05, 0) is 12.8 Å². The first-order valence-electron chi connectivity index (χ1n) is 8.50. The van der Waals surface area contributed by atoms with Gasteiger partial charge in [-0.3, -0.25) is 9.59 Å². The lowest BCUT2D eigenvalue weighted by atomic mass is 9.99. The molecule has 0 spiro atoms. The van der Waals surface area contributed by atoms with Crippen LogP contribution in [0, 0.1) is 5.92 Å². The minimum atomic E-state index is -0.927. The highest BCUT2D eigenvalue weighted by Gasteiger charge is 2.22. The summed E-state index contributed by atoms with van der Waals surface area (Å²) in [5.74, 6) is -1.74. The number of rotatable bonds is 14. The molecule has 0 aliphatic carbocycles. The molecule has 4 nitrogen and oxygen atoms in total. The summed E-state index contributed by atoms with van der Waals surface area (Å²) in [6, 6.07) is 0. The van der Waals surface area contributed by atoms with E-state index in [1.54, 1.807) is 0 Å². The van der Waals surface area contributed by atoms with Crippen molar-refractivity contribution in [3.8, 4) is 0 Å². The summed E-state index contributed by atoms with van der Waals surface area (Å²) in [7, 11) is 0. The molecule has 21 heavy (non-hydrogen) atoms. The van der Waals surface area contributed by atoms with E-state index in [4.69, 9.17) is 9.84 Å². The molecule has 0 saturated heterocycles. The lowest BCUT2D eigenvalue weighted by Gasteiger charge is -2.13. The van der Waals surface area contributed by atoms with Gasteiger partial charge in [0.25, 0.3) is 0 Å². The Labute approximate surface area is 129 Å². The molecule has 0 bridgehead atoms. The molecule has 0 heterocycles. The van der Waals surface area contributed by atoms with Gasteiger partial charge in [-0.15, -0.1) is 0 Å². The normalized spacial score (nSPS) is 12.1. The van der Waals surface area contributed by atoms with E-state index < -0.39 is 11.9 Å². The molecule has 1 N–H and O–H groups in total. The van der Waals surface area contributed by atoms with Crippen LogP contribution in [0.1, 0.15) is 84.5 Å². The van der Waals surface area contributed by atoms with E-state index in [0.717, 1.165) is 25.7 Å². The zero-order chi connectivity index (χ0) is 15.9. The first-order valence-corrected chi connectivity index (χ1v) is 8.50. The van der Waals surface area contributed by atoms with Crippen LogP contribution < -0.4 is 0 Å². The third kappa shape index (κ3) is 12.4. The van der Waals surface area contributed by atoms with E-state index >= 15 is 0 Å². The lowest BCUT2D eigenvalue weighted by Crippen LogP contribution is -2.21. The fourth-order valence-electron chi connectivity index (χ4n) is 2.31. The van der Waals surface area contributed by atoms with Crippen LogP contribution >= 0.6 is 0 Å². The molecular weight excluding hydrogens is 268 g/mol. The van der Waals surface area contributed by atoms with Crippen LogP contribution in [-0.2, 0) is 14.3 Å². The summed E-state index contributed by atoms with van der Waals surface area (Å²) < 4.78 is 5.23. The highest BCUT2D eigenvalue weighted by Crippen LogP contribution is 2.15. The van der Waals surface area contributed by atoms with Crippen molar-refractivity contribution in [1.82, 2.24) is 0 Å². The minimum absolute atomic E-state index is 0.115. The molecule has 0 aliphatic heterocycles. The van der Waals surface area contributed by atoms with E-state index in [0.29, 0.717) is 13.0 Å². The zero-order valence-electron chi connectivity index (χ0n) is 13.7. The van der Waals surface area contributed by atoms with Gasteiger partial charge in [-0.1, -0.05) is 65.2 Å². The average molecular weight is 300 g/mol. The van der Waals surface area contributed by atoms with Crippen LogP contribution in [-0.4, -0.2) is 23.7 Å². The molecule has 0 rings (SSSR count). The van der Waals surface area contributed by atoms with Gasteiger partial charge in [0, 0.05) is 0 Å². The summed E-state index contributed by atoms with van der Waals surface area (Å²) in [5.41, 5.74) is 0. The van der Waals surface area contributed by atoms with Crippen molar-refractivity contribution in [2.75, 3.05) is 6.61 Å². The van der Waals surface area contributed by atoms with Crippen LogP contribution in [0.5, 0.6) is 0 Å². The number of aliphatic carboxylic acids is 1. The summed E-state index contributed by atoms with van der Waals surface area (Å²) in [6.07, 6.45) is 10.5. The third-order valence-corrected chi connectivity index (χ3v) is 3.65. The first kappa shape index (κ1) is 19.9. The first-order chi connectivity index (χ1) is 10.1. The maximum atomic E-state index is 11.9. The van der Waals surface area contributed by atoms with Crippen LogP contribution in [0.2, 0.25) is 0 Å². The largest absolute Gasteiger partial charge is 0.481 e. The van der Waals surface area contributed by atoms with Crippen molar-refractivity contribution in [3.05, 3.63) is 0 Å². The van der Waals surface area contributed by atoms with Gasteiger partial charge in [0.05, 0.1) is 18.9 Å². The number of carbonyl (C=O) groups excluding carboxylic acids is 1. The van der Waals surface area contributed by atoms with Crippen molar-refractivity contribution in [2.45, 2.75) is 84.5 Å². The Hall–Kier alpha value is -1.06. The van der Waals surface area contributed by atoms with Crippen molar-refractivity contribution >= 4 is 11.9 Å². The van der Waals surface area contributed by atoms with E-state index in [-0.39, 0.29) is 12.4 Å². The number of unbranched alkanes of at least 4 members (excludes halogenated alkanes) is 7. The zero-order valence-corrected chi connectivity index (χ0v) is 13.7. The van der Waals surface area contributed by atoms with Gasteiger partial charge < -0.3 is 9.84 Å².